The van der Waals surface area contributed by atoms with Crippen molar-refractivity contribution in [1.29, 1.82) is 0 Å². The largest absolute Gasteiger partial charge is 0.508 e. The summed E-state index contributed by atoms with van der Waals surface area (Å²) in [5.41, 5.74) is 7.81. The molecule has 4 rings (SSSR count). The Morgan fingerprint density at radius 2 is 1.14 bits per heavy atom. The first-order chi connectivity index (χ1) is 16.6. The summed E-state index contributed by atoms with van der Waals surface area (Å²) in [6.45, 7) is 11.7. The molecule has 3 N–H and O–H groups in total. The number of anilines is 3. The van der Waals surface area contributed by atoms with Gasteiger partial charge in [0.2, 0.25) is 0 Å². The van der Waals surface area contributed by atoms with Crippen molar-refractivity contribution in [1.82, 2.24) is 0 Å². The second-order valence-corrected chi connectivity index (χ2v) is 9.15. The molecule has 0 saturated heterocycles. The molecule has 35 heavy (non-hydrogen) atoms. The molecule has 180 valence electrons. The van der Waals surface area contributed by atoms with Gasteiger partial charge < -0.3 is 25.0 Å². The highest BCUT2D eigenvalue weighted by Crippen LogP contribution is 2.47. The van der Waals surface area contributed by atoms with Crippen LogP contribution >= 0.6 is 0 Å². The fourth-order valence-electron chi connectivity index (χ4n) is 4.40. The highest BCUT2D eigenvalue weighted by Gasteiger charge is 2.23. The van der Waals surface area contributed by atoms with E-state index in [2.05, 4.69) is 0 Å². The van der Waals surface area contributed by atoms with Crippen LogP contribution in [0.3, 0.4) is 0 Å². The van der Waals surface area contributed by atoms with Gasteiger partial charge in [0.1, 0.15) is 11.5 Å². The number of aromatic hydroxyl groups is 3. The molecule has 0 aromatic heterocycles. The van der Waals surface area contributed by atoms with E-state index in [1.54, 1.807) is 30.3 Å². The van der Waals surface area contributed by atoms with Crippen molar-refractivity contribution in [2.45, 2.75) is 41.5 Å². The highest BCUT2D eigenvalue weighted by atomic mass is 16.5. The van der Waals surface area contributed by atoms with E-state index in [0.29, 0.717) is 17.2 Å². The predicted octanol–water partition coefficient (Wildman–Crippen LogP) is 7.92. The third-order valence-electron chi connectivity index (χ3n) is 6.45. The van der Waals surface area contributed by atoms with Crippen molar-refractivity contribution >= 4 is 17.1 Å². The molecule has 0 radical (unpaired) electrons. The normalized spacial score (nSPS) is 10.9. The lowest BCUT2D eigenvalue weighted by atomic mass is 10.0. The summed E-state index contributed by atoms with van der Waals surface area (Å²) in [5.74, 6) is 1.27. The zero-order valence-electron chi connectivity index (χ0n) is 21.0. The molecule has 0 amide bonds. The van der Waals surface area contributed by atoms with E-state index in [0.717, 1.165) is 44.8 Å². The summed E-state index contributed by atoms with van der Waals surface area (Å²) in [7, 11) is 0. The SMILES string of the molecule is Cc1cc(C)c(Oc2ccccc2N(c2cc(O)cc(C)c2C)c2cc(O)cc(C)c2C)c(O)c1. The Bertz CT molecular complexity index is 1340. The van der Waals surface area contributed by atoms with Crippen molar-refractivity contribution in [2.75, 3.05) is 4.90 Å². The molecule has 4 aromatic rings. The summed E-state index contributed by atoms with van der Waals surface area (Å²) >= 11 is 0. The molecule has 0 aliphatic heterocycles. The van der Waals surface area contributed by atoms with E-state index in [1.165, 1.54) is 0 Å². The van der Waals surface area contributed by atoms with Gasteiger partial charge in [0, 0.05) is 12.1 Å². The van der Waals surface area contributed by atoms with Crippen LogP contribution in [0.1, 0.15) is 33.4 Å². The molecule has 0 unspecified atom stereocenters. The Kier molecular flexibility index (Phi) is 6.35. The van der Waals surface area contributed by atoms with Crippen molar-refractivity contribution in [3.05, 3.63) is 94.0 Å². The van der Waals surface area contributed by atoms with Crippen molar-refractivity contribution in [2.24, 2.45) is 0 Å². The number of rotatable bonds is 5. The number of hydrogen-bond acceptors (Lipinski definition) is 5. The summed E-state index contributed by atoms with van der Waals surface area (Å²) < 4.78 is 6.33. The third kappa shape index (κ3) is 4.62. The minimum atomic E-state index is 0.0672. The zero-order valence-corrected chi connectivity index (χ0v) is 21.0. The average Bonchev–Trinajstić information content (AvgIpc) is 2.78. The number of ether oxygens (including phenoxy) is 1. The van der Waals surface area contributed by atoms with Crippen molar-refractivity contribution in [3.63, 3.8) is 0 Å². The molecule has 0 aliphatic carbocycles. The van der Waals surface area contributed by atoms with Gasteiger partial charge in [0.25, 0.3) is 0 Å². The van der Waals surface area contributed by atoms with E-state index < -0.39 is 0 Å². The molecule has 0 saturated carbocycles. The van der Waals surface area contributed by atoms with Gasteiger partial charge >= 0.3 is 0 Å². The standard InChI is InChI=1S/C30H31NO4/c1-17-11-20(4)30(28(34)12-17)35-29-10-8-7-9-25(29)31(26-15-23(32)13-18(2)21(26)5)27-16-24(33)14-19(3)22(27)6/h7-16,32-34H,1-6H3. The Hall–Kier alpha value is -4.12. The summed E-state index contributed by atoms with van der Waals surface area (Å²) in [6.07, 6.45) is 0. The van der Waals surface area contributed by atoms with Crippen LogP contribution in [0.25, 0.3) is 0 Å². The van der Waals surface area contributed by atoms with Crippen LogP contribution in [-0.2, 0) is 0 Å². The van der Waals surface area contributed by atoms with Crippen molar-refractivity contribution in [3.8, 4) is 28.7 Å². The van der Waals surface area contributed by atoms with E-state index >= 15 is 0 Å². The van der Waals surface area contributed by atoms with E-state index in [9.17, 15) is 15.3 Å². The second kappa shape index (κ2) is 9.26. The highest BCUT2D eigenvalue weighted by molar-refractivity contribution is 5.85. The van der Waals surface area contributed by atoms with E-state index in [-0.39, 0.29) is 17.2 Å². The van der Waals surface area contributed by atoms with Gasteiger partial charge in [-0.25, -0.2) is 0 Å². The van der Waals surface area contributed by atoms with E-state index in [4.69, 9.17) is 4.74 Å². The second-order valence-electron chi connectivity index (χ2n) is 9.15. The van der Waals surface area contributed by atoms with Crippen LogP contribution in [0.4, 0.5) is 17.1 Å². The summed E-state index contributed by atoms with van der Waals surface area (Å²) in [6, 6.07) is 18.1. The number of phenolic OH excluding ortho intramolecular Hbond substituents is 3. The molecule has 4 aromatic carbocycles. The maximum absolute atomic E-state index is 10.6. The molecule has 0 heterocycles. The van der Waals surface area contributed by atoms with Crippen LogP contribution < -0.4 is 9.64 Å². The van der Waals surface area contributed by atoms with Crippen LogP contribution in [0.15, 0.2) is 60.7 Å². The zero-order chi connectivity index (χ0) is 25.4. The maximum atomic E-state index is 10.6. The lowest BCUT2D eigenvalue weighted by Crippen LogP contribution is -2.14. The van der Waals surface area contributed by atoms with Gasteiger partial charge in [0.15, 0.2) is 17.2 Å². The Morgan fingerprint density at radius 3 is 1.69 bits per heavy atom. The minimum Gasteiger partial charge on any atom is -0.508 e. The molecule has 0 fully saturated rings. The van der Waals surface area contributed by atoms with Crippen LogP contribution in [0.5, 0.6) is 28.7 Å². The number of benzene rings is 4. The molecule has 5 nitrogen and oxygen atoms in total. The molecule has 0 atom stereocenters. The summed E-state index contributed by atoms with van der Waals surface area (Å²) in [5, 5.41) is 31.6. The number of aryl methyl sites for hydroxylation is 4. The molecule has 5 heteroatoms. The van der Waals surface area contributed by atoms with Gasteiger partial charge in [-0.15, -0.1) is 0 Å². The minimum absolute atomic E-state index is 0.0672. The molecular formula is C30H31NO4. The molecular weight excluding hydrogens is 438 g/mol. The lowest BCUT2D eigenvalue weighted by molar-refractivity contribution is 0.409. The monoisotopic (exact) mass is 469 g/mol. The maximum Gasteiger partial charge on any atom is 0.172 e. The third-order valence-corrected chi connectivity index (χ3v) is 6.45. The van der Waals surface area contributed by atoms with Crippen LogP contribution in [0.2, 0.25) is 0 Å². The van der Waals surface area contributed by atoms with Gasteiger partial charge in [0.05, 0.1) is 17.1 Å². The van der Waals surface area contributed by atoms with Crippen LogP contribution in [0, 0.1) is 41.5 Å². The lowest BCUT2D eigenvalue weighted by Gasteiger charge is -2.31. The number of hydrogen-bond donors (Lipinski definition) is 3. The quantitative estimate of drug-likeness (QED) is 0.277. The fourth-order valence-corrected chi connectivity index (χ4v) is 4.40. The number of para-hydroxylation sites is 2. The van der Waals surface area contributed by atoms with Crippen molar-refractivity contribution < 1.29 is 20.1 Å². The predicted molar refractivity (Wildman–Crippen MR) is 141 cm³/mol. The first-order valence-corrected chi connectivity index (χ1v) is 11.5. The molecule has 0 spiro atoms. The Labute approximate surface area is 206 Å². The topological polar surface area (TPSA) is 73.2 Å². The average molecular weight is 470 g/mol. The van der Waals surface area contributed by atoms with E-state index in [1.807, 2.05) is 76.8 Å². The molecule has 0 bridgehead atoms. The Balaban J connectivity index is 2.00. The van der Waals surface area contributed by atoms with Gasteiger partial charge in [-0.05, 0) is 105 Å². The first kappa shape index (κ1) is 24.0. The number of nitrogens with zero attached hydrogens (tertiary/aromatic N) is 1. The summed E-state index contributed by atoms with van der Waals surface area (Å²) in [4.78, 5) is 1.99. The smallest absolute Gasteiger partial charge is 0.172 e. The first-order valence-electron chi connectivity index (χ1n) is 11.5. The molecule has 0 aliphatic rings. The Morgan fingerprint density at radius 1 is 0.600 bits per heavy atom. The van der Waals surface area contributed by atoms with Gasteiger partial charge in [-0.1, -0.05) is 18.2 Å². The van der Waals surface area contributed by atoms with Gasteiger partial charge in [-0.3, -0.25) is 0 Å². The number of phenols is 3. The fraction of sp³-hybridized carbons (Fsp3) is 0.200. The van der Waals surface area contributed by atoms with Gasteiger partial charge in [-0.2, -0.15) is 0 Å². The van der Waals surface area contributed by atoms with Crippen LogP contribution in [-0.4, -0.2) is 15.3 Å².